The van der Waals surface area contributed by atoms with Gasteiger partial charge in [0.15, 0.2) is 5.82 Å². The fraction of sp³-hybridized carbons (Fsp3) is 0.550. The van der Waals surface area contributed by atoms with Crippen LogP contribution in [-0.2, 0) is 15.1 Å². The fourth-order valence-electron chi connectivity index (χ4n) is 3.93. The Hall–Kier alpha value is -2.77. The third kappa shape index (κ3) is 3.63. The molecule has 1 fully saturated rings. The van der Waals surface area contributed by atoms with E-state index in [9.17, 15) is 9.59 Å². The second-order valence-electron chi connectivity index (χ2n) is 7.08. The number of amides is 1. The smallest absolute Gasteiger partial charge is 0.338 e. The van der Waals surface area contributed by atoms with Crippen LogP contribution in [-0.4, -0.2) is 50.6 Å². The number of hydrogen-bond acceptors (Lipinski definition) is 6. The number of nitrogens with zero attached hydrogens (tertiary/aromatic N) is 5. The molecule has 3 rings (SSSR count). The molecule has 1 aliphatic carbocycles. The summed E-state index contributed by atoms with van der Waals surface area (Å²) in [6, 6.07) is 7.00. The lowest BCUT2D eigenvalue weighted by atomic mass is 9.79. The largest absolute Gasteiger partial charge is 0.462 e. The van der Waals surface area contributed by atoms with Crippen LogP contribution in [0.15, 0.2) is 24.3 Å². The Morgan fingerprint density at radius 3 is 2.43 bits per heavy atom. The molecular weight excluding hydrogens is 358 g/mol. The normalized spacial score (nSPS) is 15.8. The summed E-state index contributed by atoms with van der Waals surface area (Å²) in [5.74, 6) is 0.387. The molecule has 1 aromatic heterocycles. The summed E-state index contributed by atoms with van der Waals surface area (Å²) in [6.45, 7) is 3.97. The molecule has 0 N–H and O–H groups in total. The number of benzene rings is 1. The third-order valence-electron chi connectivity index (χ3n) is 5.51. The highest BCUT2D eigenvalue weighted by atomic mass is 16.5. The van der Waals surface area contributed by atoms with Gasteiger partial charge >= 0.3 is 5.97 Å². The van der Waals surface area contributed by atoms with Gasteiger partial charge in [0, 0.05) is 13.5 Å². The molecule has 0 bridgehead atoms. The highest BCUT2D eigenvalue weighted by molar-refractivity contribution is 5.89. The van der Waals surface area contributed by atoms with E-state index in [4.69, 9.17) is 4.74 Å². The summed E-state index contributed by atoms with van der Waals surface area (Å²) in [7, 11) is 1.85. The van der Waals surface area contributed by atoms with Crippen molar-refractivity contribution >= 4 is 11.9 Å². The van der Waals surface area contributed by atoms with Crippen molar-refractivity contribution in [1.29, 1.82) is 0 Å². The fourth-order valence-corrected chi connectivity index (χ4v) is 3.93. The van der Waals surface area contributed by atoms with E-state index >= 15 is 0 Å². The van der Waals surface area contributed by atoms with Gasteiger partial charge in [-0.2, -0.15) is 4.68 Å². The molecule has 0 atom stereocenters. The molecule has 8 nitrogen and oxygen atoms in total. The van der Waals surface area contributed by atoms with E-state index in [1.807, 2.05) is 18.9 Å². The molecule has 1 heterocycles. The summed E-state index contributed by atoms with van der Waals surface area (Å²) >= 11 is 0. The number of tetrazole rings is 1. The van der Waals surface area contributed by atoms with Gasteiger partial charge in [0.1, 0.15) is 5.54 Å². The summed E-state index contributed by atoms with van der Waals surface area (Å²) in [4.78, 5) is 26.2. The van der Waals surface area contributed by atoms with Crippen molar-refractivity contribution in [1.82, 2.24) is 25.1 Å². The zero-order valence-electron chi connectivity index (χ0n) is 16.7. The maximum Gasteiger partial charge on any atom is 0.338 e. The van der Waals surface area contributed by atoms with Crippen molar-refractivity contribution in [3.8, 4) is 5.69 Å². The monoisotopic (exact) mass is 385 g/mol. The van der Waals surface area contributed by atoms with Crippen LogP contribution in [0.2, 0.25) is 0 Å². The Morgan fingerprint density at radius 2 is 1.82 bits per heavy atom. The third-order valence-corrected chi connectivity index (χ3v) is 5.51. The summed E-state index contributed by atoms with van der Waals surface area (Å²) < 4.78 is 6.71. The zero-order valence-corrected chi connectivity index (χ0v) is 16.7. The molecule has 8 heteroatoms. The van der Waals surface area contributed by atoms with Gasteiger partial charge < -0.3 is 9.64 Å². The van der Waals surface area contributed by atoms with Gasteiger partial charge in [0.2, 0.25) is 5.91 Å². The van der Waals surface area contributed by atoms with Crippen molar-refractivity contribution in [2.24, 2.45) is 0 Å². The molecule has 1 amide bonds. The highest BCUT2D eigenvalue weighted by Gasteiger charge is 2.44. The number of hydrogen-bond donors (Lipinski definition) is 0. The van der Waals surface area contributed by atoms with Crippen LogP contribution in [0.5, 0.6) is 0 Å². The molecule has 0 radical (unpaired) electrons. The highest BCUT2D eigenvalue weighted by Crippen LogP contribution is 2.41. The lowest BCUT2D eigenvalue weighted by Crippen LogP contribution is -2.49. The molecule has 28 heavy (non-hydrogen) atoms. The first-order chi connectivity index (χ1) is 13.5. The van der Waals surface area contributed by atoms with E-state index < -0.39 is 5.54 Å². The second-order valence-corrected chi connectivity index (χ2v) is 7.08. The van der Waals surface area contributed by atoms with E-state index in [0.717, 1.165) is 37.8 Å². The molecule has 1 aromatic carbocycles. The molecule has 1 saturated carbocycles. The topological polar surface area (TPSA) is 90.2 Å². The Balaban J connectivity index is 1.99. The minimum Gasteiger partial charge on any atom is -0.462 e. The van der Waals surface area contributed by atoms with Crippen molar-refractivity contribution in [2.75, 3.05) is 13.7 Å². The first-order valence-corrected chi connectivity index (χ1v) is 9.86. The first kappa shape index (κ1) is 20.0. The van der Waals surface area contributed by atoms with E-state index in [1.165, 1.54) is 0 Å². The number of ether oxygens (including phenoxy) is 1. The van der Waals surface area contributed by atoms with Gasteiger partial charge in [0.25, 0.3) is 0 Å². The lowest BCUT2D eigenvalue weighted by Gasteiger charge is -2.43. The average Bonchev–Trinajstić information content (AvgIpc) is 3.24. The van der Waals surface area contributed by atoms with Gasteiger partial charge in [-0.3, -0.25) is 4.79 Å². The number of aromatic nitrogens is 4. The Bertz CT molecular complexity index is 825. The first-order valence-electron chi connectivity index (χ1n) is 9.86. The van der Waals surface area contributed by atoms with Crippen LogP contribution in [0.3, 0.4) is 0 Å². The van der Waals surface area contributed by atoms with Crippen molar-refractivity contribution < 1.29 is 14.3 Å². The molecule has 0 unspecified atom stereocenters. The van der Waals surface area contributed by atoms with E-state index in [0.29, 0.717) is 24.4 Å². The van der Waals surface area contributed by atoms with Crippen LogP contribution in [0.25, 0.3) is 5.69 Å². The Labute approximate surface area is 164 Å². The van der Waals surface area contributed by atoms with Gasteiger partial charge in [-0.1, -0.05) is 26.2 Å². The predicted octanol–water partition coefficient (Wildman–Crippen LogP) is 2.87. The minimum atomic E-state index is -0.519. The van der Waals surface area contributed by atoms with Gasteiger partial charge in [-0.15, -0.1) is 5.10 Å². The summed E-state index contributed by atoms with van der Waals surface area (Å²) in [5.41, 5.74) is 0.704. The number of esters is 1. The Morgan fingerprint density at radius 1 is 1.14 bits per heavy atom. The van der Waals surface area contributed by atoms with E-state index in [-0.39, 0.29) is 11.9 Å². The van der Waals surface area contributed by atoms with Gasteiger partial charge in [-0.05, 0) is 54.5 Å². The molecule has 0 spiro atoms. The van der Waals surface area contributed by atoms with Crippen LogP contribution in [0.1, 0.15) is 68.6 Å². The van der Waals surface area contributed by atoms with Crippen molar-refractivity contribution in [2.45, 2.75) is 57.9 Å². The second kappa shape index (κ2) is 8.50. The Kier molecular flexibility index (Phi) is 6.06. The van der Waals surface area contributed by atoms with Crippen LogP contribution < -0.4 is 0 Å². The van der Waals surface area contributed by atoms with E-state index in [1.54, 1.807) is 35.9 Å². The van der Waals surface area contributed by atoms with Gasteiger partial charge in [0.05, 0.1) is 17.9 Å². The molecule has 0 aliphatic heterocycles. The maximum absolute atomic E-state index is 12.5. The lowest BCUT2D eigenvalue weighted by molar-refractivity contribution is -0.137. The van der Waals surface area contributed by atoms with E-state index in [2.05, 4.69) is 15.5 Å². The van der Waals surface area contributed by atoms with Gasteiger partial charge in [-0.25, -0.2) is 4.79 Å². The van der Waals surface area contributed by atoms with Crippen molar-refractivity contribution in [3.05, 3.63) is 35.7 Å². The quantitative estimate of drug-likeness (QED) is 0.710. The molecular formula is C20H27N5O3. The van der Waals surface area contributed by atoms with Crippen molar-refractivity contribution in [3.63, 3.8) is 0 Å². The SMILES string of the molecule is CCOC(=O)c1ccc(-n2nnnc2C2(N(C)C(=O)CC)CCCCC2)cc1. The number of carbonyl (C=O) groups is 2. The summed E-state index contributed by atoms with van der Waals surface area (Å²) in [6.07, 6.45) is 5.29. The predicted molar refractivity (Wildman–Crippen MR) is 103 cm³/mol. The maximum atomic E-state index is 12.5. The molecule has 150 valence electrons. The minimum absolute atomic E-state index is 0.0779. The van der Waals surface area contributed by atoms with Crippen LogP contribution in [0, 0.1) is 0 Å². The van der Waals surface area contributed by atoms with Crippen LogP contribution >= 0.6 is 0 Å². The zero-order chi connectivity index (χ0) is 20.1. The summed E-state index contributed by atoms with van der Waals surface area (Å²) in [5, 5.41) is 12.4. The molecule has 1 aliphatic rings. The van der Waals surface area contributed by atoms with Crippen LogP contribution in [0.4, 0.5) is 0 Å². The molecule has 2 aromatic rings. The number of rotatable bonds is 6. The standard InChI is InChI=1S/C20H27N5O3/c1-4-17(26)24(3)20(13-7-6-8-14-20)19-21-22-23-25(19)16-11-9-15(10-12-16)18(27)28-5-2/h9-12H,4-8,13-14H2,1-3H3. The number of carbonyl (C=O) groups excluding carboxylic acids is 2. The average molecular weight is 385 g/mol. The molecule has 0 saturated heterocycles.